The average molecular weight is 467 g/mol. The molecule has 1 aliphatic rings. The molecule has 2 aromatic heterocycles. The molecule has 2 atom stereocenters. The highest BCUT2D eigenvalue weighted by Crippen LogP contribution is 2.33. The Bertz CT molecular complexity index is 1250. The third kappa shape index (κ3) is 4.94. The third-order valence-corrected chi connectivity index (χ3v) is 6.53. The van der Waals surface area contributed by atoms with E-state index in [2.05, 4.69) is 61.7 Å². The number of benzene rings is 2. The van der Waals surface area contributed by atoms with Crippen molar-refractivity contribution < 1.29 is 4.79 Å². The number of likely N-dealkylation sites (tertiary alicyclic amines) is 1. The molecule has 2 N–H and O–H groups in total. The molecule has 1 unspecified atom stereocenters. The summed E-state index contributed by atoms with van der Waals surface area (Å²) in [5.74, 6) is 1.44. The first-order valence-electron chi connectivity index (χ1n) is 12.1. The number of anilines is 1. The zero-order chi connectivity index (χ0) is 24.2. The summed E-state index contributed by atoms with van der Waals surface area (Å²) in [6.07, 6.45) is 7.05. The van der Waals surface area contributed by atoms with Crippen LogP contribution in [0.1, 0.15) is 38.6 Å². The van der Waals surface area contributed by atoms with E-state index in [4.69, 9.17) is 0 Å². The van der Waals surface area contributed by atoms with Crippen LogP contribution in [0.5, 0.6) is 0 Å². The monoisotopic (exact) mass is 466 g/mol. The van der Waals surface area contributed by atoms with Crippen LogP contribution in [-0.2, 0) is 4.79 Å². The number of amides is 1. The van der Waals surface area contributed by atoms with Gasteiger partial charge in [-0.05, 0) is 41.5 Å². The number of imidazole rings is 1. The van der Waals surface area contributed by atoms with Crippen molar-refractivity contribution in [3.63, 3.8) is 0 Å². The molecule has 4 aromatic rings. The molecule has 0 spiro atoms. The second-order valence-electron chi connectivity index (χ2n) is 9.25. The van der Waals surface area contributed by atoms with Crippen LogP contribution in [-0.4, -0.2) is 43.3 Å². The summed E-state index contributed by atoms with van der Waals surface area (Å²) in [7, 11) is 0. The number of H-pyrrole nitrogens is 1. The number of carbonyl (C=O) groups is 1. The maximum absolute atomic E-state index is 13.6. The fourth-order valence-corrected chi connectivity index (χ4v) is 4.65. The number of carbonyl (C=O) groups excluding carboxylic acids is 1. The Kier molecular flexibility index (Phi) is 6.57. The van der Waals surface area contributed by atoms with E-state index in [0.717, 1.165) is 29.9 Å². The van der Waals surface area contributed by atoms with Gasteiger partial charge in [-0.3, -0.25) is 4.79 Å². The average Bonchev–Trinajstić information content (AvgIpc) is 3.58. The predicted octanol–water partition coefficient (Wildman–Crippen LogP) is 5.33. The van der Waals surface area contributed by atoms with E-state index < -0.39 is 6.04 Å². The quantitative estimate of drug-likeness (QED) is 0.384. The number of rotatable bonds is 7. The van der Waals surface area contributed by atoms with Gasteiger partial charge in [0.2, 0.25) is 11.9 Å². The molecule has 3 heterocycles. The number of hydrogen-bond donors (Lipinski definition) is 2. The summed E-state index contributed by atoms with van der Waals surface area (Å²) in [4.78, 5) is 32.2. The Labute approximate surface area is 205 Å². The van der Waals surface area contributed by atoms with Gasteiger partial charge < -0.3 is 15.2 Å². The van der Waals surface area contributed by atoms with E-state index in [1.807, 2.05) is 43.1 Å². The topological polar surface area (TPSA) is 86.8 Å². The normalized spacial score (nSPS) is 16.4. The van der Waals surface area contributed by atoms with Crippen molar-refractivity contribution in [1.29, 1.82) is 0 Å². The highest BCUT2D eigenvalue weighted by molar-refractivity contribution is 5.85. The maximum atomic E-state index is 13.6. The molecule has 0 bridgehead atoms. The van der Waals surface area contributed by atoms with Crippen LogP contribution in [0.25, 0.3) is 22.4 Å². The Morgan fingerprint density at radius 1 is 0.943 bits per heavy atom. The summed E-state index contributed by atoms with van der Waals surface area (Å²) in [6, 6.07) is 20.1. The lowest BCUT2D eigenvalue weighted by atomic mass is 10.0. The molecule has 1 fully saturated rings. The minimum Gasteiger partial charge on any atom is -0.342 e. The molecular weight excluding hydrogens is 436 g/mol. The fraction of sp³-hybridized carbons (Fsp3) is 0.286. The van der Waals surface area contributed by atoms with Crippen molar-refractivity contribution in [3.05, 3.63) is 85.1 Å². The second-order valence-corrected chi connectivity index (χ2v) is 9.25. The smallest absolute Gasteiger partial charge is 0.246 e. The van der Waals surface area contributed by atoms with E-state index in [0.29, 0.717) is 12.5 Å². The summed E-state index contributed by atoms with van der Waals surface area (Å²) < 4.78 is 0. The Morgan fingerprint density at radius 3 is 2.34 bits per heavy atom. The van der Waals surface area contributed by atoms with Gasteiger partial charge in [-0.2, -0.15) is 0 Å². The van der Waals surface area contributed by atoms with Gasteiger partial charge in [-0.15, -0.1) is 0 Å². The lowest BCUT2D eigenvalue weighted by Crippen LogP contribution is -2.45. The molecule has 7 heteroatoms. The van der Waals surface area contributed by atoms with Crippen LogP contribution in [0.15, 0.2) is 79.3 Å². The minimum atomic E-state index is -0.405. The largest absolute Gasteiger partial charge is 0.342 e. The molecule has 1 aliphatic heterocycles. The van der Waals surface area contributed by atoms with Crippen molar-refractivity contribution in [1.82, 2.24) is 24.8 Å². The molecule has 7 nitrogen and oxygen atoms in total. The van der Waals surface area contributed by atoms with Gasteiger partial charge >= 0.3 is 0 Å². The van der Waals surface area contributed by atoms with Gasteiger partial charge in [-0.25, -0.2) is 15.0 Å². The molecule has 5 rings (SSSR count). The van der Waals surface area contributed by atoms with E-state index >= 15 is 0 Å². The molecule has 0 aliphatic carbocycles. The van der Waals surface area contributed by atoms with Crippen LogP contribution in [0.3, 0.4) is 0 Å². The first-order valence-corrected chi connectivity index (χ1v) is 12.1. The lowest BCUT2D eigenvalue weighted by molar-refractivity contribution is -0.134. The first-order chi connectivity index (χ1) is 17.1. The molecule has 1 saturated heterocycles. The summed E-state index contributed by atoms with van der Waals surface area (Å²) in [6.45, 7) is 4.78. The molecule has 0 radical (unpaired) electrons. The Morgan fingerprint density at radius 2 is 1.63 bits per heavy atom. The van der Waals surface area contributed by atoms with Crippen LogP contribution < -0.4 is 5.32 Å². The van der Waals surface area contributed by atoms with E-state index in [9.17, 15) is 4.79 Å². The number of aromatic nitrogens is 4. The number of hydrogen-bond acceptors (Lipinski definition) is 5. The van der Waals surface area contributed by atoms with Crippen molar-refractivity contribution in [2.24, 2.45) is 5.92 Å². The molecule has 178 valence electrons. The van der Waals surface area contributed by atoms with Gasteiger partial charge in [0.05, 0.1) is 17.9 Å². The number of nitrogens with one attached hydrogen (secondary N) is 2. The summed E-state index contributed by atoms with van der Waals surface area (Å²) in [5.41, 5.74) is 4.40. The second kappa shape index (κ2) is 10.1. The maximum Gasteiger partial charge on any atom is 0.246 e. The fourth-order valence-electron chi connectivity index (χ4n) is 4.65. The van der Waals surface area contributed by atoms with Crippen molar-refractivity contribution >= 4 is 11.9 Å². The zero-order valence-corrected chi connectivity index (χ0v) is 20.1. The first kappa shape index (κ1) is 22.8. The Balaban J connectivity index is 1.33. The molecule has 0 saturated carbocycles. The highest BCUT2D eigenvalue weighted by Gasteiger charge is 2.37. The molecule has 35 heavy (non-hydrogen) atoms. The van der Waals surface area contributed by atoms with E-state index in [1.165, 1.54) is 11.1 Å². The van der Waals surface area contributed by atoms with Crippen LogP contribution in [0.4, 0.5) is 5.95 Å². The van der Waals surface area contributed by atoms with Gasteiger partial charge in [0.1, 0.15) is 11.9 Å². The predicted molar refractivity (Wildman–Crippen MR) is 137 cm³/mol. The Hall–Kier alpha value is -4.00. The van der Waals surface area contributed by atoms with Crippen molar-refractivity contribution in [3.8, 4) is 22.4 Å². The number of nitrogens with zero attached hydrogens (tertiary/aromatic N) is 4. The van der Waals surface area contributed by atoms with Crippen LogP contribution in [0.2, 0.25) is 0 Å². The van der Waals surface area contributed by atoms with E-state index in [-0.39, 0.29) is 17.9 Å². The minimum absolute atomic E-state index is 0.0557. The molecule has 1 amide bonds. The van der Waals surface area contributed by atoms with Gasteiger partial charge in [0.15, 0.2) is 0 Å². The zero-order valence-electron chi connectivity index (χ0n) is 20.1. The highest BCUT2D eigenvalue weighted by atomic mass is 16.2. The van der Waals surface area contributed by atoms with Crippen LogP contribution >= 0.6 is 0 Å². The summed E-state index contributed by atoms with van der Waals surface area (Å²) >= 11 is 0. The van der Waals surface area contributed by atoms with E-state index in [1.54, 1.807) is 18.5 Å². The van der Waals surface area contributed by atoms with Gasteiger partial charge in [-0.1, -0.05) is 68.4 Å². The molecule has 2 aromatic carbocycles. The summed E-state index contributed by atoms with van der Waals surface area (Å²) in [5, 5.41) is 3.23. The van der Waals surface area contributed by atoms with Crippen molar-refractivity contribution in [2.45, 2.75) is 38.8 Å². The SMILES string of the molecule is CC(C)[C@H](Nc1ncccn1)C(=O)N1CCCC1c1ncc(-c2ccc(-c3ccccc3)cc2)[nH]1. The number of aromatic amines is 1. The molecular formula is C28H30N6O. The van der Waals surface area contributed by atoms with Gasteiger partial charge in [0.25, 0.3) is 0 Å². The van der Waals surface area contributed by atoms with Gasteiger partial charge in [0, 0.05) is 18.9 Å². The van der Waals surface area contributed by atoms with Crippen LogP contribution in [0, 0.1) is 5.92 Å². The standard InChI is InChI=1S/C28H30N6O/c1-19(2)25(33-28-29-15-7-16-30-28)27(35)34-17-6-10-24(34)26-31-18-23(32-26)22-13-11-21(12-14-22)20-8-4-3-5-9-20/h3-5,7-9,11-16,18-19,24-25H,6,10,17H2,1-2H3,(H,31,32)(H,29,30,33)/t24?,25-/m0/s1. The third-order valence-electron chi connectivity index (χ3n) is 6.53. The lowest BCUT2D eigenvalue weighted by Gasteiger charge is -2.30. The van der Waals surface area contributed by atoms with Crippen molar-refractivity contribution in [2.75, 3.05) is 11.9 Å².